The van der Waals surface area contributed by atoms with Crippen LogP contribution in [0.3, 0.4) is 0 Å². The van der Waals surface area contributed by atoms with Crippen molar-refractivity contribution in [2.75, 3.05) is 0 Å². The topological polar surface area (TPSA) is 115 Å². The van der Waals surface area contributed by atoms with Gasteiger partial charge in [0.25, 0.3) is 0 Å². The molecule has 2 aliphatic carbocycles. The monoisotopic (exact) mass is 418 g/mol. The smallest absolute Gasteiger partial charge is 0.309 e. The van der Waals surface area contributed by atoms with Gasteiger partial charge in [0.15, 0.2) is 0 Å². The van der Waals surface area contributed by atoms with Crippen LogP contribution in [0.1, 0.15) is 88.2 Å². The molecule has 0 atom stereocenters. The Hall–Kier alpha value is -2.24. The first-order chi connectivity index (χ1) is 14.3. The van der Waals surface area contributed by atoms with Crippen LogP contribution in [-0.2, 0) is 22.4 Å². The van der Waals surface area contributed by atoms with Crippen LogP contribution in [-0.4, -0.2) is 32.4 Å². The minimum Gasteiger partial charge on any atom is -0.508 e. The van der Waals surface area contributed by atoms with Gasteiger partial charge >= 0.3 is 11.9 Å². The van der Waals surface area contributed by atoms with Crippen molar-refractivity contribution in [1.82, 2.24) is 0 Å². The second kappa shape index (κ2) is 9.27. The lowest BCUT2D eigenvalue weighted by Gasteiger charge is -2.13. The van der Waals surface area contributed by atoms with Gasteiger partial charge in [0.1, 0.15) is 11.5 Å². The summed E-state index contributed by atoms with van der Waals surface area (Å²) in [6, 6.07) is 3.23. The highest BCUT2D eigenvalue weighted by molar-refractivity contribution is 5.78. The first kappa shape index (κ1) is 22.4. The van der Waals surface area contributed by atoms with Gasteiger partial charge in [0, 0.05) is 0 Å². The molecule has 0 heterocycles. The molecule has 4 N–H and O–H groups in total. The Morgan fingerprint density at radius 1 is 0.700 bits per heavy atom. The predicted molar refractivity (Wildman–Crippen MR) is 113 cm³/mol. The molecular formula is C24H34O6. The second-order valence-corrected chi connectivity index (χ2v) is 9.40. The molecule has 0 radical (unpaired) electrons. The van der Waals surface area contributed by atoms with Gasteiger partial charge in [-0.05, 0) is 87.5 Å². The number of carboxylic acid groups (broad SMARTS) is 2. The number of benzene rings is 1. The highest BCUT2D eigenvalue weighted by Gasteiger charge is 2.49. The van der Waals surface area contributed by atoms with Gasteiger partial charge in [0.2, 0.25) is 0 Å². The first-order valence-corrected chi connectivity index (χ1v) is 11.3. The number of aromatic hydroxyl groups is 2. The highest BCUT2D eigenvalue weighted by Crippen LogP contribution is 2.50. The Labute approximate surface area is 177 Å². The maximum atomic E-state index is 11.2. The van der Waals surface area contributed by atoms with E-state index >= 15 is 0 Å². The summed E-state index contributed by atoms with van der Waals surface area (Å²) in [7, 11) is 0. The molecule has 0 amide bonds. The number of rotatable bonds is 14. The van der Waals surface area contributed by atoms with Crippen molar-refractivity contribution in [3.63, 3.8) is 0 Å². The Morgan fingerprint density at radius 2 is 1.10 bits per heavy atom. The molecule has 6 nitrogen and oxygen atoms in total. The van der Waals surface area contributed by atoms with Crippen molar-refractivity contribution in [2.45, 2.75) is 89.9 Å². The number of aliphatic carboxylic acids is 2. The highest BCUT2D eigenvalue weighted by atomic mass is 16.4. The fourth-order valence-electron chi connectivity index (χ4n) is 4.48. The number of aryl methyl sites for hydroxylation is 2. The third kappa shape index (κ3) is 5.46. The average Bonchev–Trinajstić information content (AvgIpc) is 3.59. The van der Waals surface area contributed by atoms with E-state index in [1.54, 1.807) is 12.1 Å². The summed E-state index contributed by atoms with van der Waals surface area (Å²) in [6.07, 6.45) is 11.2. The molecule has 166 valence electrons. The zero-order valence-electron chi connectivity index (χ0n) is 17.7. The van der Waals surface area contributed by atoms with Crippen molar-refractivity contribution >= 4 is 11.9 Å². The van der Waals surface area contributed by atoms with Crippen LogP contribution in [0.4, 0.5) is 0 Å². The molecule has 0 unspecified atom stereocenters. The number of phenolic OH excluding ortho intramolecular Hbond substituents is 2. The second-order valence-electron chi connectivity index (χ2n) is 9.40. The van der Waals surface area contributed by atoms with Gasteiger partial charge < -0.3 is 20.4 Å². The Balaban J connectivity index is 1.39. The van der Waals surface area contributed by atoms with Crippen LogP contribution >= 0.6 is 0 Å². The lowest BCUT2D eigenvalue weighted by Crippen LogP contribution is -2.14. The molecule has 6 heteroatoms. The summed E-state index contributed by atoms with van der Waals surface area (Å²) in [5.74, 6) is -0.939. The van der Waals surface area contributed by atoms with Crippen LogP contribution < -0.4 is 0 Å². The van der Waals surface area contributed by atoms with Crippen LogP contribution in [0.15, 0.2) is 12.1 Å². The molecule has 2 fully saturated rings. The fraction of sp³-hybridized carbons (Fsp3) is 0.667. The molecular weight excluding hydrogens is 384 g/mol. The summed E-state index contributed by atoms with van der Waals surface area (Å²) < 4.78 is 0. The molecule has 1 aromatic rings. The van der Waals surface area contributed by atoms with E-state index in [9.17, 15) is 30.0 Å². The van der Waals surface area contributed by atoms with Crippen molar-refractivity contribution in [3.05, 3.63) is 23.3 Å². The number of carboxylic acids is 2. The lowest BCUT2D eigenvalue weighted by atomic mass is 9.95. The van der Waals surface area contributed by atoms with E-state index in [1.165, 1.54) is 0 Å². The molecule has 0 bridgehead atoms. The molecule has 2 aliphatic rings. The minimum absolute atomic E-state index is 0.156. The molecule has 3 rings (SSSR count). The number of carbonyl (C=O) groups is 2. The summed E-state index contributed by atoms with van der Waals surface area (Å²) in [4.78, 5) is 22.4. The SMILES string of the molecule is O=C(O)C1(CCCCCc2cc(O)cc(CCCCCC3(C(=O)O)CC3)c2O)CC1. The quantitative estimate of drug-likeness (QED) is 0.249. The van der Waals surface area contributed by atoms with Gasteiger partial charge in [-0.25, -0.2) is 0 Å². The van der Waals surface area contributed by atoms with Gasteiger partial charge in [0.05, 0.1) is 10.8 Å². The molecule has 0 aromatic heterocycles. The third-order valence-corrected chi connectivity index (χ3v) is 7.07. The maximum Gasteiger partial charge on any atom is 0.309 e. The Kier molecular flexibility index (Phi) is 6.94. The molecule has 0 saturated heterocycles. The van der Waals surface area contributed by atoms with E-state index in [0.717, 1.165) is 88.2 Å². The van der Waals surface area contributed by atoms with Crippen LogP contribution in [0, 0.1) is 10.8 Å². The number of hydrogen-bond donors (Lipinski definition) is 4. The van der Waals surface area contributed by atoms with Crippen LogP contribution in [0.2, 0.25) is 0 Å². The molecule has 30 heavy (non-hydrogen) atoms. The van der Waals surface area contributed by atoms with Gasteiger partial charge in [-0.1, -0.05) is 25.7 Å². The molecule has 0 aliphatic heterocycles. The van der Waals surface area contributed by atoms with E-state index in [4.69, 9.17) is 0 Å². The maximum absolute atomic E-state index is 11.2. The van der Waals surface area contributed by atoms with Crippen molar-refractivity contribution < 1.29 is 30.0 Å². The Morgan fingerprint density at radius 3 is 1.43 bits per heavy atom. The van der Waals surface area contributed by atoms with E-state index in [1.807, 2.05) is 0 Å². The van der Waals surface area contributed by atoms with E-state index < -0.39 is 22.8 Å². The van der Waals surface area contributed by atoms with Crippen LogP contribution in [0.25, 0.3) is 0 Å². The summed E-state index contributed by atoms with van der Waals surface area (Å²) in [5.41, 5.74) is 0.549. The summed E-state index contributed by atoms with van der Waals surface area (Å²) in [5, 5.41) is 39.1. The fourth-order valence-corrected chi connectivity index (χ4v) is 4.48. The standard InChI is InChI=1S/C24H34O6/c25-19-15-17(7-3-1-5-9-23(11-12-23)21(27)28)20(26)18(16-19)8-4-2-6-10-24(13-14-24)22(29)30/h15-16,25-26H,1-14H2,(H,27,28)(H,29,30). The largest absolute Gasteiger partial charge is 0.508 e. The molecule has 0 spiro atoms. The first-order valence-electron chi connectivity index (χ1n) is 11.3. The van der Waals surface area contributed by atoms with Crippen LogP contribution in [0.5, 0.6) is 11.5 Å². The predicted octanol–water partition coefficient (Wildman–Crippen LogP) is 5.03. The zero-order chi connectivity index (χ0) is 21.8. The Bertz CT molecular complexity index is 715. The summed E-state index contributed by atoms with van der Waals surface area (Å²) in [6.45, 7) is 0. The zero-order valence-corrected chi connectivity index (χ0v) is 17.7. The van der Waals surface area contributed by atoms with E-state index in [0.29, 0.717) is 12.8 Å². The van der Waals surface area contributed by atoms with Crippen molar-refractivity contribution in [2.24, 2.45) is 10.8 Å². The van der Waals surface area contributed by atoms with Gasteiger partial charge in [-0.15, -0.1) is 0 Å². The number of phenols is 2. The number of hydrogen-bond acceptors (Lipinski definition) is 4. The van der Waals surface area contributed by atoms with Crippen molar-refractivity contribution in [1.29, 1.82) is 0 Å². The molecule has 2 saturated carbocycles. The molecule has 1 aromatic carbocycles. The lowest BCUT2D eigenvalue weighted by molar-refractivity contribution is -0.144. The van der Waals surface area contributed by atoms with Gasteiger partial charge in [-0.2, -0.15) is 0 Å². The normalized spacial score (nSPS) is 18.1. The van der Waals surface area contributed by atoms with E-state index in [2.05, 4.69) is 0 Å². The summed E-state index contributed by atoms with van der Waals surface area (Å²) >= 11 is 0. The van der Waals surface area contributed by atoms with Crippen molar-refractivity contribution in [3.8, 4) is 11.5 Å². The number of unbranched alkanes of at least 4 members (excludes halogenated alkanes) is 4. The minimum atomic E-state index is -0.673. The third-order valence-electron chi connectivity index (χ3n) is 7.07. The van der Waals surface area contributed by atoms with Gasteiger partial charge in [-0.3, -0.25) is 9.59 Å². The average molecular weight is 419 g/mol. The van der Waals surface area contributed by atoms with E-state index in [-0.39, 0.29) is 11.5 Å².